The van der Waals surface area contributed by atoms with E-state index in [-0.39, 0.29) is 6.61 Å². The van der Waals surface area contributed by atoms with Crippen molar-refractivity contribution < 1.29 is 5.11 Å². The van der Waals surface area contributed by atoms with Gasteiger partial charge in [0.05, 0.1) is 6.61 Å². The number of rotatable bonds is 8. The van der Waals surface area contributed by atoms with Crippen LogP contribution in [0.2, 0.25) is 0 Å². The molecule has 0 aromatic carbocycles. The van der Waals surface area contributed by atoms with Crippen LogP contribution in [-0.4, -0.2) is 74.4 Å². The molecule has 1 heterocycles. The van der Waals surface area contributed by atoms with E-state index in [0.717, 1.165) is 32.7 Å². The first kappa shape index (κ1) is 13.9. The molecule has 4 heteroatoms. The third kappa shape index (κ3) is 5.80. The summed E-state index contributed by atoms with van der Waals surface area (Å²) in [5, 5.41) is 12.6. The first-order chi connectivity index (χ1) is 7.72. The maximum Gasteiger partial charge on any atom is 0.0558 e. The molecule has 0 spiro atoms. The molecule has 16 heavy (non-hydrogen) atoms. The third-order valence-electron chi connectivity index (χ3n) is 3.14. The van der Waals surface area contributed by atoms with Crippen molar-refractivity contribution in [1.29, 1.82) is 0 Å². The van der Waals surface area contributed by atoms with Crippen molar-refractivity contribution >= 4 is 0 Å². The Morgan fingerprint density at radius 2 is 2.06 bits per heavy atom. The van der Waals surface area contributed by atoms with E-state index in [1.807, 2.05) is 0 Å². The van der Waals surface area contributed by atoms with Gasteiger partial charge in [-0.3, -0.25) is 4.90 Å². The van der Waals surface area contributed by atoms with E-state index in [2.05, 4.69) is 29.2 Å². The first-order valence-corrected chi connectivity index (χ1v) is 6.43. The number of nitrogens with zero attached hydrogens (tertiary/aromatic N) is 2. The highest BCUT2D eigenvalue weighted by atomic mass is 16.3. The Balaban J connectivity index is 2.17. The predicted molar refractivity (Wildman–Crippen MR) is 67.7 cm³/mol. The van der Waals surface area contributed by atoms with Gasteiger partial charge in [0, 0.05) is 19.1 Å². The molecule has 1 rings (SSSR count). The lowest BCUT2D eigenvalue weighted by atomic mass is 10.2. The molecule has 0 bridgehead atoms. The summed E-state index contributed by atoms with van der Waals surface area (Å²) in [4.78, 5) is 4.59. The fraction of sp³-hybridized carbons (Fsp3) is 1.00. The zero-order valence-corrected chi connectivity index (χ0v) is 10.8. The number of hydrogen-bond acceptors (Lipinski definition) is 4. The normalized spacial score (nSPS) is 21.2. The molecule has 0 saturated carbocycles. The van der Waals surface area contributed by atoms with Gasteiger partial charge in [-0.25, -0.2) is 0 Å². The molecule has 0 aromatic rings. The Morgan fingerprint density at radius 1 is 1.25 bits per heavy atom. The van der Waals surface area contributed by atoms with Crippen LogP contribution >= 0.6 is 0 Å². The third-order valence-corrected chi connectivity index (χ3v) is 3.14. The average Bonchev–Trinajstić information content (AvgIpc) is 2.70. The van der Waals surface area contributed by atoms with Gasteiger partial charge in [-0.2, -0.15) is 0 Å². The molecular weight excluding hydrogens is 202 g/mol. The van der Waals surface area contributed by atoms with Gasteiger partial charge in [-0.15, -0.1) is 0 Å². The van der Waals surface area contributed by atoms with Gasteiger partial charge in [0.15, 0.2) is 0 Å². The highest BCUT2D eigenvalue weighted by Crippen LogP contribution is 2.07. The molecule has 1 aliphatic rings. The van der Waals surface area contributed by atoms with Crippen LogP contribution in [-0.2, 0) is 0 Å². The lowest BCUT2D eigenvalue weighted by Crippen LogP contribution is -2.40. The minimum absolute atomic E-state index is 0.273. The molecule has 0 aromatic heterocycles. The number of aliphatic hydroxyl groups excluding tert-OH is 1. The first-order valence-electron chi connectivity index (χ1n) is 6.43. The molecule has 96 valence electrons. The lowest BCUT2D eigenvalue weighted by molar-refractivity contribution is 0.179. The van der Waals surface area contributed by atoms with Crippen LogP contribution in [0.3, 0.4) is 0 Å². The lowest BCUT2D eigenvalue weighted by Gasteiger charge is -2.25. The second-order valence-electron chi connectivity index (χ2n) is 4.97. The summed E-state index contributed by atoms with van der Waals surface area (Å²) in [7, 11) is 4.21. The summed E-state index contributed by atoms with van der Waals surface area (Å²) < 4.78 is 0. The van der Waals surface area contributed by atoms with E-state index in [4.69, 9.17) is 5.11 Å². The van der Waals surface area contributed by atoms with Crippen molar-refractivity contribution in [2.24, 2.45) is 0 Å². The fourth-order valence-corrected chi connectivity index (χ4v) is 2.27. The Morgan fingerprint density at radius 3 is 2.62 bits per heavy atom. The standard InChI is InChI=1S/C12H27N3O/c1-14(2)7-4-8-15(9-10-16)11-12-5-3-6-13-12/h12-13,16H,3-11H2,1-2H3. The molecule has 1 saturated heterocycles. The average molecular weight is 229 g/mol. The molecule has 0 radical (unpaired) electrons. The van der Waals surface area contributed by atoms with Crippen LogP contribution in [0.25, 0.3) is 0 Å². The number of nitrogens with one attached hydrogen (secondary N) is 1. The van der Waals surface area contributed by atoms with Crippen LogP contribution in [0.5, 0.6) is 0 Å². The smallest absolute Gasteiger partial charge is 0.0558 e. The minimum atomic E-state index is 0.273. The minimum Gasteiger partial charge on any atom is -0.395 e. The molecule has 1 fully saturated rings. The van der Waals surface area contributed by atoms with Gasteiger partial charge in [-0.05, 0) is 53.0 Å². The molecular formula is C12H27N3O. The predicted octanol–water partition coefficient (Wildman–Crippen LogP) is -0.0156. The maximum atomic E-state index is 9.05. The van der Waals surface area contributed by atoms with E-state index in [0.29, 0.717) is 6.04 Å². The van der Waals surface area contributed by atoms with Crippen molar-refractivity contribution in [3.05, 3.63) is 0 Å². The second-order valence-corrected chi connectivity index (χ2v) is 4.97. The summed E-state index contributed by atoms with van der Waals surface area (Å²) in [6.07, 6.45) is 3.77. The summed E-state index contributed by atoms with van der Waals surface area (Å²) in [5.74, 6) is 0. The molecule has 1 aliphatic heterocycles. The van der Waals surface area contributed by atoms with E-state index < -0.39 is 0 Å². The van der Waals surface area contributed by atoms with Gasteiger partial charge >= 0.3 is 0 Å². The Kier molecular flexibility index (Phi) is 6.96. The maximum absolute atomic E-state index is 9.05. The topological polar surface area (TPSA) is 38.7 Å². The van der Waals surface area contributed by atoms with Crippen LogP contribution in [0.4, 0.5) is 0 Å². The SMILES string of the molecule is CN(C)CCCN(CCO)CC1CCCN1. The van der Waals surface area contributed by atoms with Gasteiger partial charge in [0.2, 0.25) is 0 Å². The molecule has 2 N–H and O–H groups in total. The second kappa shape index (κ2) is 8.01. The van der Waals surface area contributed by atoms with Crippen molar-refractivity contribution in [3.63, 3.8) is 0 Å². The molecule has 4 nitrogen and oxygen atoms in total. The summed E-state index contributed by atoms with van der Waals surface area (Å²) >= 11 is 0. The zero-order valence-electron chi connectivity index (χ0n) is 10.8. The Hall–Kier alpha value is -0.160. The van der Waals surface area contributed by atoms with Crippen LogP contribution in [0, 0.1) is 0 Å². The van der Waals surface area contributed by atoms with Gasteiger partial charge < -0.3 is 15.3 Å². The summed E-state index contributed by atoms with van der Waals surface area (Å²) in [6, 6.07) is 0.644. The van der Waals surface area contributed by atoms with Crippen LogP contribution in [0.15, 0.2) is 0 Å². The fourth-order valence-electron chi connectivity index (χ4n) is 2.27. The monoisotopic (exact) mass is 229 g/mol. The zero-order chi connectivity index (χ0) is 11.8. The van der Waals surface area contributed by atoms with E-state index in [1.54, 1.807) is 0 Å². The van der Waals surface area contributed by atoms with E-state index in [1.165, 1.54) is 19.3 Å². The van der Waals surface area contributed by atoms with Crippen molar-refractivity contribution in [1.82, 2.24) is 15.1 Å². The number of aliphatic hydroxyl groups is 1. The van der Waals surface area contributed by atoms with Crippen molar-refractivity contribution in [2.75, 3.05) is 53.4 Å². The van der Waals surface area contributed by atoms with Crippen molar-refractivity contribution in [2.45, 2.75) is 25.3 Å². The Labute approximate surface area is 99.6 Å². The number of hydrogen-bond donors (Lipinski definition) is 2. The molecule has 0 aliphatic carbocycles. The highest BCUT2D eigenvalue weighted by Gasteiger charge is 2.17. The largest absolute Gasteiger partial charge is 0.395 e. The summed E-state index contributed by atoms with van der Waals surface area (Å²) in [5.41, 5.74) is 0. The van der Waals surface area contributed by atoms with E-state index >= 15 is 0 Å². The molecule has 0 amide bonds. The van der Waals surface area contributed by atoms with Crippen LogP contribution in [0.1, 0.15) is 19.3 Å². The van der Waals surface area contributed by atoms with Crippen LogP contribution < -0.4 is 5.32 Å². The molecule has 1 atom stereocenters. The van der Waals surface area contributed by atoms with Gasteiger partial charge in [-0.1, -0.05) is 0 Å². The summed E-state index contributed by atoms with van der Waals surface area (Å²) in [6.45, 7) is 5.56. The quantitative estimate of drug-likeness (QED) is 0.614. The molecule has 1 unspecified atom stereocenters. The van der Waals surface area contributed by atoms with Gasteiger partial charge in [0.25, 0.3) is 0 Å². The van der Waals surface area contributed by atoms with E-state index in [9.17, 15) is 0 Å². The Bertz CT molecular complexity index is 170. The van der Waals surface area contributed by atoms with Gasteiger partial charge in [0.1, 0.15) is 0 Å². The van der Waals surface area contributed by atoms with Crippen molar-refractivity contribution in [3.8, 4) is 0 Å². The highest BCUT2D eigenvalue weighted by molar-refractivity contribution is 4.77.